The largest absolute Gasteiger partial charge is 0.479 e. The molecule has 3 aromatic rings. The van der Waals surface area contributed by atoms with Crippen LogP contribution in [0.15, 0.2) is 45.3 Å². The Labute approximate surface area is 190 Å². The fourth-order valence-corrected chi connectivity index (χ4v) is 4.71. The Balaban J connectivity index is 2.03. The zero-order valence-electron chi connectivity index (χ0n) is 16.8. The zero-order valence-corrected chi connectivity index (χ0v) is 19.2. The number of nitro groups is 1. The lowest BCUT2D eigenvalue weighted by Gasteiger charge is -2.46. The molecule has 0 amide bonds. The second-order valence-electron chi connectivity index (χ2n) is 7.31. The van der Waals surface area contributed by atoms with Crippen LogP contribution in [-0.4, -0.2) is 46.8 Å². The first-order valence-corrected chi connectivity index (χ1v) is 10.4. The predicted molar refractivity (Wildman–Crippen MR) is 117 cm³/mol. The van der Waals surface area contributed by atoms with E-state index in [1.807, 2.05) is 0 Å². The Bertz CT molecular complexity index is 1220. The van der Waals surface area contributed by atoms with Gasteiger partial charge in [0.05, 0.1) is 16.5 Å². The van der Waals surface area contributed by atoms with Crippen LogP contribution in [0.1, 0.15) is 18.5 Å². The second kappa shape index (κ2) is 7.99. The number of hydrogen-bond donors (Lipinski definition) is 1. The van der Waals surface area contributed by atoms with E-state index in [4.69, 9.17) is 30.8 Å². The van der Waals surface area contributed by atoms with Crippen molar-refractivity contribution in [1.82, 2.24) is 4.57 Å². The fourth-order valence-electron chi connectivity index (χ4n) is 4.06. The molecule has 1 aromatic heterocycles. The van der Waals surface area contributed by atoms with Crippen molar-refractivity contribution < 1.29 is 28.7 Å². The molecule has 0 bridgehead atoms. The molecule has 2 heterocycles. The van der Waals surface area contributed by atoms with Gasteiger partial charge in [-0.15, -0.1) is 0 Å². The van der Waals surface area contributed by atoms with E-state index in [1.165, 1.54) is 32.4 Å². The number of fused-ring (bicyclic) bond motifs is 2. The Hall–Kier alpha value is -2.31. The Morgan fingerprint density at radius 1 is 1.29 bits per heavy atom. The summed E-state index contributed by atoms with van der Waals surface area (Å²) in [4.78, 5) is 11.0. The third-order valence-electron chi connectivity index (χ3n) is 5.49. The highest BCUT2D eigenvalue weighted by atomic mass is 79.9. The van der Waals surface area contributed by atoms with Crippen molar-refractivity contribution >= 4 is 44.9 Å². The third kappa shape index (κ3) is 3.46. The van der Waals surface area contributed by atoms with Crippen LogP contribution in [0.3, 0.4) is 0 Å². The maximum Gasteiger partial charge on any atom is 0.270 e. The van der Waals surface area contributed by atoms with Gasteiger partial charge in [-0.05, 0) is 43.4 Å². The van der Waals surface area contributed by atoms with Crippen molar-refractivity contribution in [1.29, 1.82) is 0 Å². The number of non-ortho nitro benzene ring substituents is 1. The summed E-state index contributed by atoms with van der Waals surface area (Å²) >= 11 is 8.91. The molecule has 0 fully saturated rings. The molecule has 4 rings (SSSR count). The Morgan fingerprint density at radius 3 is 2.65 bits per heavy atom. The van der Waals surface area contributed by atoms with E-state index in [0.29, 0.717) is 22.4 Å². The fraction of sp³-hybridized carbons (Fsp3) is 0.350. The van der Waals surface area contributed by atoms with Gasteiger partial charge in [-0.1, -0.05) is 15.9 Å². The van der Waals surface area contributed by atoms with Gasteiger partial charge in [-0.25, -0.2) is 0 Å². The average Bonchev–Trinajstić information content (AvgIpc) is 3.04. The summed E-state index contributed by atoms with van der Waals surface area (Å²) in [7, 11) is 2.87. The molecule has 0 radical (unpaired) electrons. The van der Waals surface area contributed by atoms with Crippen molar-refractivity contribution in [2.24, 2.45) is 0 Å². The van der Waals surface area contributed by atoms with Crippen LogP contribution in [-0.2, 0) is 9.47 Å². The summed E-state index contributed by atoms with van der Waals surface area (Å²) in [5.41, 5.74) is 0.0107. The van der Waals surface area contributed by atoms with Gasteiger partial charge < -0.3 is 23.7 Å². The summed E-state index contributed by atoms with van der Waals surface area (Å²) < 4.78 is 25.1. The molecule has 2 aromatic carbocycles. The van der Waals surface area contributed by atoms with E-state index in [2.05, 4.69) is 15.9 Å². The second-order valence-corrected chi connectivity index (χ2v) is 8.57. The van der Waals surface area contributed by atoms with Gasteiger partial charge in [0.1, 0.15) is 11.9 Å². The minimum absolute atomic E-state index is 0.102. The van der Waals surface area contributed by atoms with Gasteiger partial charge in [0.25, 0.3) is 10.5 Å². The number of aliphatic hydroxyl groups is 1. The highest BCUT2D eigenvalue weighted by molar-refractivity contribution is 9.10. The third-order valence-corrected chi connectivity index (χ3v) is 6.26. The standard InChI is InChI=1S/C20H19BrN2O7S/c1-20(18(27-2)28-3)17(24)16(12-9-11(23(25)26)5-7-14(12)30-20)22-13-8-10(21)4-6-15(13)29-19(22)31/h4-9,16-18,24H,1-3H3/t16-,17+,20+/m0/s1. The van der Waals surface area contributed by atoms with Crippen molar-refractivity contribution in [2.45, 2.75) is 31.0 Å². The lowest BCUT2D eigenvalue weighted by molar-refractivity contribution is -0.385. The van der Waals surface area contributed by atoms with Gasteiger partial charge in [0, 0.05) is 36.4 Å². The highest BCUT2D eigenvalue weighted by Crippen LogP contribution is 2.46. The van der Waals surface area contributed by atoms with Crippen molar-refractivity contribution in [3.63, 3.8) is 0 Å². The molecule has 3 atom stereocenters. The molecule has 1 N–H and O–H groups in total. The number of nitrogens with zero attached hydrogens (tertiary/aromatic N) is 2. The topological polar surface area (TPSA) is 109 Å². The van der Waals surface area contributed by atoms with Gasteiger partial charge in [-0.3, -0.25) is 14.7 Å². The number of methoxy groups -OCH3 is 2. The number of halogens is 1. The van der Waals surface area contributed by atoms with Gasteiger partial charge in [-0.2, -0.15) is 0 Å². The number of aliphatic hydroxyl groups excluding tert-OH is 1. The van der Waals surface area contributed by atoms with E-state index in [9.17, 15) is 15.2 Å². The minimum atomic E-state index is -1.36. The summed E-state index contributed by atoms with van der Waals surface area (Å²) in [5, 5.41) is 23.0. The lowest BCUT2D eigenvalue weighted by atomic mass is 9.84. The first-order valence-electron chi connectivity index (χ1n) is 9.23. The zero-order chi connectivity index (χ0) is 22.5. The first-order chi connectivity index (χ1) is 14.7. The number of ether oxygens (including phenoxy) is 3. The molecule has 164 valence electrons. The minimum Gasteiger partial charge on any atom is -0.479 e. The van der Waals surface area contributed by atoms with E-state index in [1.54, 1.807) is 29.7 Å². The lowest BCUT2D eigenvalue weighted by Crippen LogP contribution is -2.60. The smallest absolute Gasteiger partial charge is 0.270 e. The van der Waals surface area contributed by atoms with Gasteiger partial charge in [0.2, 0.25) is 0 Å². The monoisotopic (exact) mass is 510 g/mol. The molecule has 1 aliphatic rings. The quantitative estimate of drug-likeness (QED) is 0.233. The Morgan fingerprint density at radius 2 is 2.00 bits per heavy atom. The van der Waals surface area contributed by atoms with E-state index in [0.717, 1.165) is 4.47 Å². The summed E-state index contributed by atoms with van der Waals surface area (Å²) in [6.07, 6.45) is -2.20. The molecule has 11 heteroatoms. The van der Waals surface area contributed by atoms with Gasteiger partial charge >= 0.3 is 0 Å². The van der Waals surface area contributed by atoms with E-state index in [-0.39, 0.29) is 10.5 Å². The van der Waals surface area contributed by atoms with Crippen LogP contribution in [0.5, 0.6) is 5.75 Å². The number of nitro benzene ring substituents is 1. The number of rotatable bonds is 5. The molecular weight excluding hydrogens is 492 g/mol. The van der Waals surface area contributed by atoms with Crippen LogP contribution < -0.4 is 4.74 Å². The molecule has 0 saturated carbocycles. The maximum atomic E-state index is 11.5. The number of hydrogen-bond acceptors (Lipinski definition) is 8. The average molecular weight is 511 g/mol. The number of aromatic nitrogens is 1. The number of oxazole rings is 1. The van der Waals surface area contributed by atoms with Crippen LogP contribution in [0.4, 0.5) is 5.69 Å². The van der Waals surface area contributed by atoms with Crippen LogP contribution in [0.2, 0.25) is 0 Å². The van der Waals surface area contributed by atoms with Gasteiger partial charge in [0.15, 0.2) is 17.5 Å². The SMILES string of the molecule is COC(OC)[C@]1(C)Oc2ccc([N+](=O)[O-])cc2[C@H](n2c(=S)oc3ccc(Br)cc32)[C@H]1O. The first kappa shape index (κ1) is 21.9. The van der Waals surface area contributed by atoms with E-state index >= 15 is 0 Å². The molecule has 0 unspecified atom stereocenters. The van der Waals surface area contributed by atoms with Crippen molar-refractivity contribution in [3.8, 4) is 5.75 Å². The molecule has 31 heavy (non-hydrogen) atoms. The Kier molecular flexibility index (Phi) is 5.64. The highest BCUT2D eigenvalue weighted by Gasteiger charge is 2.53. The molecule has 0 saturated heterocycles. The molecule has 9 nitrogen and oxygen atoms in total. The van der Waals surface area contributed by atoms with Crippen molar-refractivity contribution in [2.75, 3.05) is 14.2 Å². The van der Waals surface area contributed by atoms with Crippen molar-refractivity contribution in [3.05, 3.63) is 61.4 Å². The summed E-state index contributed by atoms with van der Waals surface area (Å²) in [5.74, 6) is 0.341. The molecule has 0 aliphatic carbocycles. The predicted octanol–water partition coefficient (Wildman–Crippen LogP) is 4.35. The summed E-state index contributed by atoms with van der Waals surface area (Å²) in [6.45, 7) is 1.65. The maximum absolute atomic E-state index is 11.5. The molecule has 1 aliphatic heterocycles. The van der Waals surface area contributed by atoms with E-state index < -0.39 is 29.0 Å². The van der Waals surface area contributed by atoms with Crippen LogP contribution in [0, 0.1) is 15.0 Å². The van der Waals surface area contributed by atoms with Crippen LogP contribution >= 0.6 is 28.1 Å². The number of benzene rings is 2. The summed E-state index contributed by atoms with van der Waals surface area (Å²) in [6, 6.07) is 8.69. The molecular formula is C20H19BrN2O7S. The van der Waals surface area contributed by atoms with Crippen LogP contribution in [0.25, 0.3) is 11.1 Å². The molecule has 0 spiro atoms. The normalized spacial score (nSPS) is 23.0.